The van der Waals surface area contributed by atoms with Crippen LogP contribution >= 0.6 is 0 Å². The molecule has 1 fully saturated rings. The Bertz CT molecular complexity index is 434. The van der Waals surface area contributed by atoms with Gasteiger partial charge in [0, 0.05) is 25.8 Å². The van der Waals surface area contributed by atoms with Gasteiger partial charge in [-0.2, -0.15) is 0 Å². The molecule has 7 heteroatoms. The maximum Gasteiger partial charge on any atom is 0.310 e. The summed E-state index contributed by atoms with van der Waals surface area (Å²) in [4.78, 5) is 13.4. The molecule has 0 amide bonds. The number of aryl methyl sites for hydroxylation is 1. The van der Waals surface area contributed by atoms with E-state index < -0.39 is 11.9 Å². The van der Waals surface area contributed by atoms with Crippen molar-refractivity contribution in [3.63, 3.8) is 0 Å². The number of hydrogen-bond donors (Lipinski definition) is 1. The van der Waals surface area contributed by atoms with Gasteiger partial charge in [-0.25, -0.2) is 0 Å². The molecule has 106 valence electrons. The number of rotatable bonds is 6. The Balaban J connectivity index is 2.08. The van der Waals surface area contributed by atoms with Crippen molar-refractivity contribution in [1.29, 1.82) is 0 Å². The minimum absolute atomic E-state index is 0.0838. The van der Waals surface area contributed by atoms with Gasteiger partial charge in [0.1, 0.15) is 0 Å². The Morgan fingerprint density at radius 1 is 1.63 bits per heavy atom. The first kappa shape index (κ1) is 14.0. The van der Waals surface area contributed by atoms with Crippen molar-refractivity contribution in [3.8, 4) is 0 Å². The summed E-state index contributed by atoms with van der Waals surface area (Å²) in [5.41, 5.74) is 0.854. The molecule has 19 heavy (non-hydrogen) atoms. The standard InChI is InChI=1S/C12H20N4O3/c1-3-4-16(6-9-5-15(2)14-13-9)11-8-19-7-10(11)12(17)18/h5,10-11H,3-4,6-8H2,1-2H3,(H,17,18). The van der Waals surface area contributed by atoms with Gasteiger partial charge in [-0.3, -0.25) is 14.4 Å². The maximum absolute atomic E-state index is 11.2. The van der Waals surface area contributed by atoms with E-state index in [1.807, 2.05) is 13.2 Å². The third-order valence-corrected chi connectivity index (χ3v) is 3.36. The normalized spacial score (nSPS) is 23.1. The molecule has 1 aliphatic heterocycles. The lowest BCUT2D eigenvalue weighted by molar-refractivity contribution is -0.143. The van der Waals surface area contributed by atoms with Crippen LogP contribution in [0.15, 0.2) is 6.20 Å². The Morgan fingerprint density at radius 3 is 3.00 bits per heavy atom. The van der Waals surface area contributed by atoms with Gasteiger partial charge in [0.25, 0.3) is 0 Å². The van der Waals surface area contributed by atoms with Gasteiger partial charge in [0.05, 0.1) is 24.8 Å². The highest BCUT2D eigenvalue weighted by molar-refractivity contribution is 5.71. The molecular formula is C12H20N4O3. The second-order valence-electron chi connectivity index (χ2n) is 4.90. The molecule has 1 aromatic heterocycles. The SMILES string of the molecule is CCCN(Cc1cn(C)nn1)C1COCC1C(=O)O. The average molecular weight is 268 g/mol. The van der Waals surface area contributed by atoms with Crippen LogP contribution in [0.4, 0.5) is 0 Å². The number of aromatic nitrogens is 3. The van der Waals surface area contributed by atoms with Crippen LogP contribution < -0.4 is 0 Å². The smallest absolute Gasteiger partial charge is 0.310 e. The molecule has 0 aromatic carbocycles. The number of ether oxygens (including phenoxy) is 1. The van der Waals surface area contributed by atoms with E-state index in [9.17, 15) is 9.90 Å². The molecular weight excluding hydrogens is 248 g/mol. The van der Waals surface area contributed by atoms with Crippen LogP contribution in [0, 0.1) is 5.92 Å². The topological polar surface area (TPSA) is 80.5 Å². The highest BCUT2D eigenvalue weighted by Crippen LogP contribution is 2.21. The largest absolute Gasteiger partial charge is 0.481 e. The zero-order valence-corrected chi connectivity index (χ0v) is 11.3. The molecule has 2 rings (SSSR count). The molecule has 2 atom stereocenters. The third-order valence-electron chi connectivity index (χ3n) is 3.36. The number of carboxylic acid groups (broad SMARTS) is 1. The molecule has 1 saturated heterocycles. The van der Waals surface area contributed by atoms with Gasteiger partial charge in [-0.1, -0.05) is 12.1 Å². The first-order valence-electron chi connectivity index (χ1n) is 6.51. The molecule has 0 saturated carbocycles. The highest BCUT2D eigenvalue weighted by Gasteiger charge is 2.37. The van der Waals surface area contributed by atoms with Crippen molar-refractivity contribution < 1.29 is 14.6 Å². The van der Waals surface area contributed by atoms with Gasteiger partial charge in [-0.15, -0.1) is 5.10 Å². The van der Waals surface area contributed by atoms with Crippen LogP contribution in [-0.2, 0) is 23.1 Å². The van der Waals surface area contributed by atoms with Crippen LogP contribution in [-0.4, -0.2) is 56.8 Å². The molecule has 1 aliphatic rings. The monoisotopic (exact) mass is 268 g/mol. The number of nitrogens with zero attached hydrogens (tertiary/aromatic N) is 4. The molecule has 1 aromatic rings. The number of carbonyl (C=O) groups is 1. The van der Waals surface area contributed by atoms with Gasteiger partial charge >= 0.3 is 5.97 Å². The molecule has 0 spiro atoms. The fraction of sp³-hybridized carbons (Fsp3) is 0.750. The summed E-state index contributed by atoms with van der Waals surface area (Å²) < 4.78 is 6.99. The third kappa shape index (κ3) is 3.30. The first-order valence-corrected chi connectivity index (χ1v) is 6.51. The summed E-state index contributed by atoms with van der Waals surface area (Å²) in [6, 6.07) is -0.0838. The van der Waals surface area contributed by atoms with Gasteiger partial charge in [-0.05, 0) is 13.0 Å². The van der Waals surface area contributed by atoms with Gasteiger partial charge in [0.2, 0.25) is 0 Å². The molecule has 1 N–H and O–H groups in total. The van der Waals surface area contributed by atoms with Crippen LogP contribution in [0.5, 0.6) is 0 Å². The van der Waals surface area contributed by atoms with E-state index in [0.717, 1.165) is 18.7 Å². The average Bonchev–Trinajstić information content (AvgIpc) is 2.97. The maximum atomic E-state index is 11.2. The summed E-state index contributed by atoms with van der Waals surface area (Å²) >= 11 is 0. The zero-order chi connectivity index (χ0) is 13.8. The second-order valence-corrected chi connectivity index (χ2v) is 4.90. The van der Waals surface area contributed by atoms with Crippen molar-refractivity contribution in [2.24, 2.45) is 13.0 Å². The second kappa shape index (κ2) is 6.12. The van der Waals surface area contributed by atoms with Crippen molar-refractivity contribution in [1.82, 2.24) is 19.9 Å². The molecule has 2 unspecified atom stereocenters. The number of hydrogen-bond acceptors (Lipinski definition) is 5. The van der Waals surface area contributed by atoms with Crippen molar-refractivity contribution >= 4 is 5.97 Å². The van der Waals surface area contributed by atoms with Gasteiger partial charge in [0.15, 0.2) is 0 Å². The Labute approximate surface area is 112 Å². The minimum Gasteiger partial charge on any atom is -0.481 e. The van der Waals surface area contributed by atoms with Crippen LogP contribution in [0.25, 0.3) is 0 Å². The van der Waals surface area contributed by atoms with E-state index in [4.69, 9.17) is 4.74 Å². The summed E-state index contributed by atoms with van der Waals surface area (Å²) in [6.07, 6.45) is 2.82. The quantitative estimate of drug-likeness (QED) is 0.789. The fourth-order valence-corrected chi connectivity index (χ4v) is 2.46. The van der Waals surface area contributed by atoms with Crippen LogP contribution in [0.1, 0.15) is 19.0 Å². The lowest BCUT2D eigenvalue weighted by Gasteiger charge is -2.29. The van der Waals surface area contributed by atoms with Crippen molar-refractivity contribution in [3.05, 3.63) is 11.9 Å². The molecule has 0 radical (unpaired) electrons. The van der Waals surface area contributed by atoms with Crippen LogP contribution in [0.3, 0.4) is 0 Å². The van der Waals surface area contributed by atoms with Crippen molar-refractivity contribution in [2.45, 2.75) is 25.9 Å². The molecule has 0 aliphatic carbocycles. The van der Waals surface area contributed by atoms with E-state index in [2.05, 4.69) is 22.1 Å². The summed E-state index contributed by atoms with van der Waals surface area (Å²) in [5, 5.41) is 17.2. The minimum atomic E-state index is -0.789. The lowest BCUT2D eigenvalue weighted by Crippen LogP contribution is -2.43. The predicted octanol–water partition coefficient (Wildman–Crippen LogP) is 0.127. The summed E-state index contributed by atoms with van der Waals surface area (Å²) in [5.74, 6) is -1.24. The van der Waals surface area contributed by atoms with Gasteiger partial charge < -0.3 is 9.84 Å². The van der Waals surface area contributed by atoms with E-state index in [1.165, 1.54) is 0 Å². The van der Waals surface area contributed by atoms with Crippen molar-refractivity contribution in [2.75, 3.05) is 19.8 Å². The first-order chi connectivity index (χ1) is 9.11. The predicted molar refractivity (Wildman–Crippen MR) is 67.4 cm³/mol. The molecule has 2 heterocycles. The molecule has 7 nitrogen and oxygen atoms in total. The summed E-state index contributed by atoms with van der Waals surface area (Å²) in [7, 11) is 1.82. The molecule has 0 bridgehead atoms. The number of carboxylic acids is 1. The van der Waals surface area contributed by atoms with E-state index >= 15 is 0 Å². The van der Waals surface area contributed by atoms with E-state index in [0.29, 0.717) is 19.8 Å². The Hall–Kier alpha value is -1.47. The number of aliphatic carboxylic acids is 1. The van der Waals surface area contributed by atoms with E-state index in [1.54, 1.807) is 4.68 Å². The summed E-state index contributed by atoms with van der Waals surface area (Å²) in [6.45, 7) is 4.28. The highest BCUT2D eigenvalue weighted by atomic mass is 16.5. The van der Waals surface area contributed by atoms with E-state index in [-0.39, 0.29) is 6.04 Å². The Morgan fingerprint density at radius 2 is 2.42 bits per heavy atom. The van der Waals surface area contributed by atoms with Crippen LogP contribution in [0.2, 0.25) is 0 Å². The Kier molecular flexibility index (Phi) is 4.49. The zero-order valence-electron chi connectivity index (χ0n) is 11.3. The fourth-order valence-electron chi connectivity index (χ4n) is 2.46. The lowest BCUT2D eigenvalue weighted by atomic mass is 10.0.